The lowest BCUT2D eigenvalue weighted by molar-refractivity contribution is -0.167. The van der Waals surface area contributed by atoms with E-state index >= 15 is 0 Å². The zero-order valence-corrected chi connectivity index (χ0v) is 10.7. The van der Waals surface area contributed by atoms with E-state index in [1.165, 1.54) is 11.3 Å². The minimum atomic E-state index is -0.753. The zero-order chi connectivity index (χ0) is 12.0. The van der Waals surface area contributed by atoms with Crippen LogP contribution in [0.4, 0.5) is 0 Å². The number of rotatable bonds is 7. The highest BCUT2D eigenvalue weighted by Crippen LogP contribution is 2.10. The van der Waals surface area contributed by atoms with E-state index in [1.807, 2.05) is 26.2 Å². The molecule has 90 valence electrons. The van der Waals surface area contributed by atoms with E-state index in [4.69, 9.17) is 9.47 Å². The van der Waals surface area contributed by atoms with Gasteiger partial charge in [-0.05, 0) is 20.8 Å². The Hall–Kier alpha value is -0.780. The van der Waals surface area contributed by atoms with Gasteiger partial charge >= 0.3 is 0 Å². The minimum Gasteiger partial charge on any atom is -0.346 e. The quantitative estimate of drug-likeness (QED) is 0.687. The van der Waals surface area contributed by atoms with Gasteiger partial charge in [0.1, 0.15) is 0 Å². The number of nitrogens with zero attached hydrogens (tertiary/aromatic N) is 1. The third kappa shape index (κ3) is 4.00. The lowest BCUT2D eigenvalue weighted by Crippen LogP contribution is -2.29. The summed E-state index contributed by atoms with van der Waals surface area (Å²) < 4.78 is 10.5. The van der Waals surface area contributed by atoms with Crippen molar-refractivity contribution < 1.29 is 14.3 Å². The van der Waals surface area contributed by atoms with Crippen molar-refractivity contribution in [2.75, 3.05) is 13.2 Å². The molecule has 0 unspecified atom stereocenters. The van der Waals surface area contributed by atoms with E-state index in [1.54, 1.807) is 0 Å². The molecule has 1 aromatic heterocycles. The fourth-order valence-electron chi connectivity index (χ4n) is 1.29. The van der Waals surface area contributed by atoms with Crippen molar-refractivity contribution in [2.45, 2.75) is 33.5 Å². The molecular formula is C11H17NO3S. The van der Waals surface area contributed by atoms with Gasteiger partial charge in [0.15, 0.2) is 5.78 Å². The van der Waals surface area contributed by atoms with Gasteiger partial charge in [-0.15, -0.1) is 11.3 Å². The van der Waals surface area contributed by atoms with Crippen LogP contribution in [-0.2, 0) is 20.7 Å². The zero-order valence-electron chi connectivity index (χ0n) is 9.86. The van der Waals surface area contributed by atoms with Gasteiger partial charge in [0.2, 0.25) is 6.29 Å². The summed E-state index contributed by atoms with van der Waals surface area (Å²) in [5, 5.41) is 2.86. The largest absolute Gasteiger partial charge is 0.346 e. The lowest BCUT2D eigenvalue weighted by atomic mass is 10.2. The highest BCUT2D eigenvalue weighted by atomic mass is 32.1. The summed E-state index contributed by atoms with van der Waals surface area (Å²) in [7, 11) is 0. The van der Waals surface area contributed by atoms with Crippen molar-refractivity contribution in [2.24, 2.45) is 0 Å². The molecule has 0 aliphatic carbocycles. The van der Waals surface area contributed by atoms with Crippen molar-refractivity contribution in [3.8, 4) is 0 Å². The Labute approximate surface area is 99.6 Å². The molecule has 0 saturated carbocycles. The van der Waals surface area contributed by atoms with E-state index in [2.05, 4.69) is 4.98 Å². The van der Waals surface area contributed by atoms with Crippen LogP contribution < -0.4 is 0 Å². The van der Waals surface area contributed by atoms with Crippen LogP contribution >= 0.6 is 11.3 Å². The van der Waals surface area contributed by atoms with Gasteiger partial charge in [-0.3, -0.25) is 4.79 Å². The maximum Gasteiger partial charge on any atom is 0.218 e. The van der Waals surface area contributed by atoms with Gasteiger partial charge in [-0.25, -0.2) is 4.98 Å². The first-order chi connectivity index (χ1) is 7.67. The average molecular weight is 243 g/mol. The molecule has 0 bridgehead atoms. The van der Waals surface area contributed by atoms with Crippen LogP contribution in [0.3, 0.4) is 0 Å². The molecule has 0 radical (unpaired) electrons. The number of thiazole rings is 1. The molecule has 4 nitrogen and oxygen atoms in total. The van der Waals surface area contributed by atoms with Gasteiger partial charge in [0.25, 0.3) is 0 Å². The highest BCUT2D eigenvalue weighted by molar-refractivity contribution is 7.09. The van der Waals surface area contributed by atoms with Gasteiger partial charge in [0.05, 0.1) is 17.1 Å². The molecule has 1 rings (SSSR count). The third-order valence-corrected chi connectivity index (χ3v) is 2.74. The summed E-state index contributed by atoms with van der Waals surface area (Å²) in [6.07, 6.45) is -0.480. The molecule has 0 aliphatic heterocycles. The predicted molar refractivity (Wildman–Crippen MR) is 62.6 cm³/mol. The molecule has 0 aliphatic rings. The standard InChI is InChI=1S/C11H17NO3S/c1-4-14-11(15-5-2)10(13)6-9-7-16-8(3)12-9/h7,11H,4-6H2,1-3H3. The summed E-state index contributed by atoms with van der Waals surface area (Å²) in [4.78, 5) is 16.1. The molecule has 0 saturated heterocycles. The Bertz CT molecular complexity index is 332. The second kappa shape index (κ2) is 6.73. The molecule has 0 aromatic carbocycles. The normalized spacial score (nSPS) is 11.0. The molecule has 5 heteroatoms. The second-order valence-corrected chi connectivity index (χ2v) is 4.31. The Morgan fingerprint density at radius 2 is 2.06 bits per heavy atom. The van der Waals surface area contributed by atoms with E-state index in [9.17, 15) is 4.79 Å². The van der Waals surface area contributed by atoms with Crippen molar-refractivity contribution in [1.82, 2.24) is 4.98 Å². The maximum atomic E-state index is 11.8. The number of aryl methyl sites for hydroxylation is 1. The first kappa shape index (κ1) is 13.3. The van der Waals surface area contributed by atoms with Crippen LogP contribution in [-0.4, -0.2) is 30.3 Å². The fourth-order valence-corrected chi connectivity index (χ4v) is 1.90. The number of carbonyl (C=O) groups is 1. The maximum absolute atomic E-state index is 11.8. The SMILES string of the molecule is CCOC(OCC)C(=O)Cc1csc(C)n1. The second-order valence-electron chi connectivity index (χ2n) is 3.24. The summed E-state index contributed by atoms with van der Waals surface area (Å²) >= 11 is 1.54. The number of carbonyl (C=O) groups excluding carboxylic acids is 1. The Kier molecular flexibility index (Phi) is 5.59. The van der Waals surface area contributed by atoms with E-state index in [0.717, 1.165) is 10.7 Å². The van der Waals surface area contributed by atoms with Crippen LogP contribution in [0.1, 0.15) is 24.5 Å². The molecular weight excluding hydrogens is 226 g/mol. The summed E-state index contributed by atoms with van der Waals surface area (Å²) in [6, 6.07) is 0. The lowest BCUT2D eigenvalue weighted by Gasteiger charge is -2.14. The highest BCUT2D eigenvalue weighted by Gasteiger charge is 2.19. The van der Waals surface area contributed by atoms with Crippen LogP contribution in [0.5, 0.6) is 0 Å². The molecule has 0 amide bonds. The number of aromatic nitrogens is 1. The molecule has 0 fully saturated rings. The number of hydrogen-bond donors (Lipinski definition) is 0. The van der Waals surface area contributed by atoms with Gasteiger partial charge in [-0.1, -0.05) is 0 Å². The van der Waals surface area contributed by atoms with E-state index in [-0.39, 0.29) is 12.2 Å². The van der Waals surface area contributed by atoms with Gasteiger partial charge in [0, 0.05) is 18.6 Å². The number of ketones is 1. The number of Topliss-reactive ketones (excluding diaryl/α,β-unsaturated/α-hetero) is 1. The van der Waals surface area contributed by atoms with E-state index in [0.29, 0.717) is 13.2 Å². The van der Waals surface area contributed by atoms with Crippen molar-refractivity contribution >= 4 is 17.1 Å². The topological polar surface area (TPSA) is 48.4 Å². The minimum absolute atomic E-state index is 0.0750. The molecule has 0 atom stereocenters. The molecule has 1 aromatic rings. The number of hydrogen-bond acceptors (Lipinski definition) is 5. The summed E-state index contributed by atoms with van der Waals surface area (Å²) in [6.45, 7) is 6.53. The Balaban J connectivity index is 2.54. The van der Waals surface area contributed by atoms with Crippen molar-refractivity contribution in [1.29, 1.82) is 0 Å². The first-order valence-corrected chi connectivity index (χ1v) is 6.22. The van der Waals surface area contributed by atoms with Gasteiger partial charge < -0.3 is 9.47 Å². The van der Waals surface area contributed by atoms with Crippen LogP contribution in [0.25, 0.3) is 0 Å². The van der Waals surface area contributed by atoms with Crippen LogP contribution in [0.2, 0.25) is 0 Å². The number of ether oxygens (including phenoxy) is 2. The average Bonchev–Trinajstić information content (AvgIpc) is 2.63. The molecule has 0 spiro atoms. The smallest absolute Gasteiger partial charge is 0.218 e. The summed E-state index contributed by atoms with van der Waals surface area (Å²) in [5.74, 6) is -0.0750. The fraction of sp³-hybridized carbons (Fsp3) is 0.636. The van der Waals surface area contributed by atoms with Crippen LogP contribution in [0.15, 0.2) is 5.38 Å². The predicted octanol–water partition coefficient (Wildman–Crippen LogP) is 1.96. The molecule has 0 N–H and O–H groups in total. The Morgan fingerprint density at radius 1 is 1.44 bits per heavy atom. The third-order valence-electron chi connectivity index (χ3n) is 1.92. The van der Waals surface area contributed by atoms with Crippen LogP contribution in [0, 0.1) is 6.92 Å². The molecule has 1 heterocycles. The first-order valence-electron chi connectivity index (χ1n) is 5.34. The Morgan fingerprint density at radius 3 is 2.50 bits per heavy atom. The van der Waals surface area contributed by atoms with Gasteiger partial charge in [-0.2, -0.15) is 0 Å². The van der Waals surface area contributed by atoms with Crippen molar-refractivity contribution in [3.63, 3.8) is 0 Å². The van der Waals surface area contributed by atoms with Crippen molar-refractivity contribution in [3.05, 3.63) is 16.1 Å². The monoisotopic (exact) mass is 243 g/mol. The molecule has 16 heavy (non-hydrogen) atoms. The summed E-state index contributed by atoms with van der Waals surface area (Å²) in [5.41, 5.74) is 0.789. The van der Waals surface area contributed by atoms with E-state index < -0.39 is 6.29 Å².